The van der Waals surface area contributed by atoms with Crippen LogP contribution in [0.4, 0.5) is 0 Å². The normalized spacial score (nSPS) is 17.0. The zero-order chi connectivity index (χ0) is 22.4. The minimum Gasteiger partial charge on any atom is -0.507 e. The predicted octanol–water partition coefficient (Wildman–Crippen LogP) is 5.73. The second kappa shape index (κ2) is 8.87. The van der Waals surface area contributed by atoms with Crippen molar-refractivity contribution in [2.24, 2.45) is 9.98 Å². The number of phenols is 1. The molecule has 0 saturated heterocycles. The Balaban J connectivity index is 0.00000259. The first-order valence-electron chi connectivity index (χ1n) is 11.1. The fourth-order valence-corrected chi connectivity index (χ4v) is 4.54. The van der Waals surface area contributed by atoms with Crippen LogP contribution in [0.3, 0.4) is 0 Å². The zero-order valence-electron chi connectivity index (χ0n) is 19.3. The summed E-state index contributed by atoms with van der Waals surface area (Å²) in [5.74, 6) is 0.236. The third kappa shape index (κ3) is 4.07. The zero-order valence-corrected chi connectivity index (χ0v) is 20.1. The minimum absolute atomic E-state index is 0. The van der Waals surface area contributed by atoms with Crippen molar-refractivity contribution in [1.29, 1.82) is 0 Å². The van der Waals surface area contributed by atoms with E-state index >= 15 is 0 Å². The lowest BCUT2D eigenvalue weighted by atomic mass is 10.0. The van der Waals surface area contributed by atoms with Gasteiger partial charge in [0.15, 0.2) is 0 Å². The summed E-state index contributed by atoms with van der Waals surface area (Å²) in [6.45, 7) is 8.48. The average Bonchev–Trinajstić information content (AvgIpc) is 3.41. The van der Waals surface area contributed by atoms with Gasteiger partial charge in [-0.1, -0.05) is 19.9 Å². The van der Waals surface area contributed by atoms with Crippen LogP contribution in [0.1, 0.15) is 51.7 Å². The SMILES string of the molecule is CCC1=C(C)C2=Cc3ccc(O)c(c3)C=C3N=C(C=c4ccc(o4)=CC1=N2)C(CC)=C3C.Cl. The molecular weight excluding hydrogens is 432 g/mol. The molecule has 4 heterocycles. The highest BCUT2D eigenvalue weighted by Crippen LogP contribution is 2.33. The van der Waals surface area contributed by atoms with E-state index in [1.165, 1.54) is 16.7 Å². The highest BCUT2D eigenvalue weighted by atomic mass is 35.5. The van der Waals surface area contributed by atoms with Crippen LogP contribution in [-0.4, -0.2) is 16.5 Å². The molecule has 0 fully saturated rings. The van der Waals surface area contributed by atoms with Gasteiger partial charge >= 0.3 is 0 Å². The van der Waals surface area contributed by atoms with Gasteiger partial charge < -0.3 is 9.52 Å². The fourth-order valence-electron chi connectivity index (χ4n) is 4.54. The maximum atomic E-state index is 10.5. The van der Waals surface area contributed by atoms with E-state index in [4.69, 9.17) is 14.4 Å². The molecule has 0 aliphatic carbocycles. The Morgan fingerprint density at radius 1 is 0.758 bits per heavy atom. The maximum Gasteiger partial charge on any atom is 0.129 e. The lowest BCUT2D eigenvalue weighted by Gasteiger charge is -2.05. The molecule has 1 N–H and O–H groups in total. The van der Waals surface area contributed by atoms with Crippen molar-refractivity contribution in [2.45, 2.75) is 40.5 Å². The minimum atomic E-state index is 0. The monoisotopic (exact) mass is 458 g/mol. The first-order chi connectivity index (χ1) is 15.5. The van der Waals surface area contributed by atoms with Gasteiger partial charge in [-0.3, -0.25) is 0 Å². The second-order valence-corrected chi connectivity index (χ2v) is 8.31. The summed E-state index contributed by atoms with van der Waals surface area (Å²) >= 11 is 0. The van der Waals surface area contributed by atoms with Crippen molar-refractivity contribution in [3.05, 3.63) is 86.0 Å². The third-order valence-corrected chi connectivity index (χ3v) is 6.33. The summed E-state index contributed by atoms with van der Waals surface area (Å²) in [4.78, 5) is 9.78. The van der Waals surface area contributed by atoms with E-state index in [0.29, 0.717) is 0 Å². The standard InChI is InChI=1S/C28H26N2O2.ClH/c1-5-22-16(3)24-12-18-7-10-28(31)19(11-18)13-25-17(4)23(6-2)27(30-25)15-21-9-8-20(32-21)14-26(22)29-24;/h7-15,31H,5-6H2,1-4H3;1H. The Hall–Kier alpha value is -3.37. The number of nitrogens with zero attached hydrogens (tertiary/aromatic N) is 2. The van der Waals surface area contributed by atoms with Crippen molar-refractivity contribution in [1.82, 2.24) is 0 Å². The molecule has 5 rings (SSSR count). The number of fused-ring (bicyclic) bond motifs is 6. The van der Waals surface area contributed by atoms with Crippen LogP contribution in [0.2, 0.25) is 0 Å². The fraction of sp³-hybridized carbons (Fsp3) is 0.214. The van der Waals surface area contributed by atoms with Crippen molar-refractivity contribution in [2.75, 3.05) is 0 Å². The van der Waals surface area contributed by atoms with Crippen molar-refractivity contribution in [3.63, 3.8) is 0 Å². The molecule has 33 heavy (non-hydrogen) atoms. The number of aliphatic imine (C=N–C) groups is 2. The third-order valence-electron chi connectivity index (χ3n) is 6.33. The lowest BCUT2D eigenvalue weighted by molar-refractivity contribution is 0.474. The summed E-state index contributed by atoms with van der Waals surface area (Å²) in [6.07, 6.45) is 9.80. The maximum absolute atomic E-state index is 10.5. The van der Waals surface area contributed by atoms with Crippen LogP contribution in [-0.2, 0) is 0 Å². The van der Waals surface area contributed by atoms with Gasteiger partial charge in [-0.05, 0) is 91.0 Å². The molecule has 2 aromatic rings. The van der Waals surface area contributed by atoms with E-state index in [0.717, 1.165) is 63.2 Å². The van der Waals surface area contributed by atoms with Crippen molar-refractivity contribution < 1.29 is 9.52 Å². The van der Waals surface area contributed by atoms with Crippen LogP contribution in [0.15, 0.2) is 78.4 Å². The van der Waals surface area contributed by atoms with Crippen molar-refractivity contribution in [3.8, 4) is 5.75 Å². The molecule has 3 aliphatic heterocycles. The molecule has 0 saturated carbocycles. The largest absolute Gasteiger partial charge is 0.507 e. The predicted molar refractivity (Wildman–Crippen MR) is 139 cm³/mol. The summed E-state index contributed by atoms with van der Waals surface area (Å²) in [6, 6.07) is 9.60. The van der Waals surface area contributed by atoms with Gasteiger partial charge in [-0.25, -0.2) is 9.98 Å². The van der Waals surface area contributed by atoms with Crippen LogP contribution < -0.4 is 10.8 Å². The van der Waals surface area contributed by atoms with Gasteiger partial charge in [-0.2, -0.15) is 0 Å². The molecule has 4 nitrogen and oxygen atoms in total. The highest BCUT2D eigenvalue weighted by Gasteiger charge is 2.20. The van der Waals surface area contributed by atoms with Gasteiger partial charge in [0.05, 0.1) is 22.8 Å². The number of furan rings is 1. The molecule has 8 bridgehead atoms. The van der Waals surface area contributed by atoms with Crippen LogP contribution in [0.5, 0.6) is 5.75 Å². The summed E-state index contributed by atoms with van der Waals surface area (Å²) < 4.78 is 6.10. The Labute approximate surface area is 199 Å². The van der Waals surface area contributed by atoms with Gasteiger partial charge in [0.25, 0.3) is 0 Å². The number of rotatable bonds is 2. The summed E-state index contributed by atoms with van der Waals surface area (Å²) in [5, 5.41) is 10.5. The van der Waals surface area contributed by atoms with Crippen molar-refractivity contribution >= 4 is 48.1 Å². The molecule has 0 unspecified atom stereocenters. The number of halogens is 1. The molecule has 5 heteroatoms. The number of benzene rings is 1. The van der Waals surface area contributed by atoms with E-state index in [-0.39, 0.29) is 18.2 Å². The van der Waals surface area contributed by atoms with E-state index in [1.54, 1.807) is 6.07 Å². The van der Waals surface area contributed by atoms with Crippen LogP contribution >= 0.6 is 12.4 Å². The first-order valence-corrected chi connectivity index (χ1v) is 11.1. The first kappa shape index (κ1) is 22.8. The highest BCUT2D eigenvalue weighted by molar-refractivity contribution is 6.24. The molecule has 0 atom stereocenters. The summed E-state index contributed by atoms with van der Waals surface area (Å²) in [5.41, 5.74) is 11.6. The quantitative estimate of drug-likeness (QED) is 0.625. The lowest BCUT2D eigenvalue weighted by Crippen LogP contribution is -2.07. The smallest absolute Gasteiger partial charge is 0.129 e. The molecule has 0 radical (unpaired) electrons. The number of phenolic OH excluding ortho intramolecular Hbond substituents is 1. The topological polar surface area (TPSA) is 58.1 Å². The number of hydrogen-bond donors (Lipinski definition) is 1. The van der Waals surface area contributed by atoms with Crippen LogP contribution in [0.25, 0.3) is 24.3 Å². The molecule has 0 amide bonds. The Kier molecular flexibility index (Phi) is 6.13. The van der Waals surface area contributed by atoms with E-state index < -0.39 is 0 Å². The molecule has 1 aromatic carbocycles. The average molecular weight is 459 g/mol. The molecule has 3 aliphatic rings. The van der Waals surface area contributed by atoms with E-state index in [9.17, 15) is 5.11 Å². The van der Waals surface area contributed by atoms with E-state index in [2.05, 4.69) is 33.8 Å². The Bertz CT molecular complexity index is 1460. The molecule has 168 valence electrons. The van der Waals surface area contributed by atoms with Gasteiger partial charge in [-0.15, -0.1) is 12.4 Å². The van der Waals surface area contributed by atoms with Gasteiger partial charge in [0, 0.05) is 17.7 Å². The number of aromatic hydroxyl groups is 1. The van der Waals surface area contributed by atoms with Gasteiger partial charge in [0.1, 0.15) is 16.6 Å². The number of allylic oxidation sites excluding steroid dienone is 4. The second-order valence-electron chi connectivity index (χ2n) is 8.31. The molecular formula is C28H27ClN2O2. The molecule has 1 aromatic heterocycles. The molecule has 0 spiro atoms. The van der Waals surface area contributed by atoms with Gasteiger partial charge in [0.2, 0.25) is 0 Å². The van der Waals surface area contributed by atoms with E-state index in [1.807, 2.05) is 42.5 Å². The Morgan fingerprint density at radius 3 is 1.85 bits per heavy atom. The van der Waals surface area contributed by atoms with Crippen LogP contribution in [0, 0.1) is 0 Å². The number of hydrogen-bond acceptors (Lipinski definition) is 4. The Morgan fingerprint density at radius 2 is 1.30 bits per heavy atom. The summed E-state index contributed by atoms with van der Waals surface area (Å²) in [7, 11) is 0.